The molecule has 0 atom stereocenters. The Labute approximate surface area is 182 Å². The molecule has 33 heavy (non-hydrogen) atoms. The van der Waals surface area contributed by atoms with Crippen LogP contribution in [-0.2, 0) is 6.54 Å². The number of aromatic nitrogens is 6. The van der Waals surface area contributed by atoms with E-state index in [0.29, 0.717) is 11.4 Å². The van der Waals surface area contributed by atoms with E-state index in [9.17, 15) is 17.6 Å². The summed E-state index contributed by atoms with van der Waals surface area (Å²) in [4.78, 5) is 4.23. The van der Waals surface area contributed by atoms with Crippen molar-refractivity contribution in [2.24, 2.45) is 0 Å². The van der Waals surface area contributed by atoms with E-state index in [2.05, 4.69) is 25.5 Å². The van der Waals surface area contributed by atoms with Gasteiger partial charge in [-0.2, -0.15) is 8.78 Å². The summed E-state index contributed by atoms with van der Waals surface area (Å²) in [6, 6.07) is 9.07. The molecule has 0 aliphatic heterocycles. The van der Waals surface area contributed by atoms with Crippen LogP contribution in [0.25, 0.3) is 33.6 Å². The highest BCUT2D eigenvalue weighted by Gasteiger charge is 2.20. The lowest BCUT2D eigenvalue weighted by Crippen LogP contribution is -2.06. The summed E-state index contributed by atoms with van der Waals surface area (Å²) >= 11 is 0. The summed E-state index contributed by atoms with van der Waals surface area (Å²) in [6.07, 6.45) is 0.113. The van der Waals surface area contributed by atoms with Gasteiger partial charge in [0.25, 0.3) is 5.89 Å². The third-order valence-electron chi connectivity index (χ3n) is 4.87. The van der Waals surface area contributed by atoms with Gasteiger partial charge in [0.05, 0.1) is 30.1 Å². The molecule has 2 N–H and O–H groups in total. The fourth-order valence-electron chi connectivity index (χ4n) is 3.29. The van der Waals surface area contributed by atoms with Crippen LogP contribution < -0.4 is 5.73 Å². The van der Waals surface area contributed by atoms with Crippen molar-refractivity contribution < 1.29 is 22.0 Å². The van der Waals surface area contributed by atoms with Crippen LogP contribution in [0.15, 0.2) is 53.2 Å². The second-order valence-electron chi connectivity index (χ2n) is 7.14. The normalized spacial score (nSPS) is 11.5. The summed E-state index contributed by atoms with van der Waals surface area (Å²) in [7, 11) is 0. The monoisotopic (exact) mass is 455 g/mol. The van der Waals surface area contributed by atoms with Gasteiger partial charge in [-0.1, -0.05) is 11.3 Å². The molecule has 2 aromatic carbocycles. The van der Waals surface area contributed by atoms with Crippen LogP contribution in [0.2, 0.25) is 0 Å². The molecule has 0 fully saturated rings. The van der Waals surface area contributed by atoms with E-state index in [1.54, 1.807) is 30.6 Å². The molecule has 3 aromatic heterocycles. The zero-order valence-electron chi connectivity index (χ0n) is 16.6. The molecule has 0 saturated heterocycles. The third-order valence-corrected chi connectivity index (χ3v) is 4.87. The maximum absolute atomic E-state index is 14.6. The fourth-order valence-corrected chi connectivity index (χ4v) is 3.29. The van der Waals surface area contributed by atoms with Crippen molar-refractivity contribution in [1.29, 1.82) is 0 Å². The van der Waals surface area contributed by atoms with Gasteiger partial charge in [0, 0.05) is 22.1 Å². The van der Waals surface area contributed by atoms with Crippen LogP contribution in [-0.4, -0.2) is 30.2 Å². The Bertz CT molecular complexity index is 1460. The minimum absolute atomic E-state index is 0.156. The van der Waals surface area contributed by atoms with E-state index in [0.717, 1.165) is 28.6 Å². The Morgan fingerprint density at radius 2 is 1.76 bits per heavy atom. The number of nitrogen functional groups attached to an aromatic ring is 1. The number of nitrogens with zero attached hydrogens (tertiary/aromatic N) is 6. The Morgan fingerprint density at radius 1 is 0.970 bits per heavy atom. The maximum Gasteiger partial charge on any atom is 0.314 e. The molecular formula is C21H13F4N7O. The number of halogens is 4. The van der Waals surface area contributed by atoms with E-state index < -0.39 is 29.8 Å². The Morgan fingerprint density at radius 3 is 2.48 bits per heavy atom. The number of alkyl halides is 2. The van der Waals surface area contributed by atoms with Crippen LogP contribution in [0.3, 0.4) is 0 Å². The molecule has 0 saturated carbocycles. The topological polar surface area (TPSA) is 109 Å². The zero-order valence-corrected chi connectivity index (χ0v) is 16.6. The SMILES string of the molecule is Nc1cnc2ccc(-c3cn(Cc4c(F)cc(-c5nnc(C(F)F)o5)cc4F)nn3)cc2c1. The summed E-state index contributed by atoms with van der Waals surface area (Å²) in [5.41, 5.74) is 7.82. The molecule has 0 spiro atoms. The predicted octanol–water partition coefficient (Wildman–Crippen LogP) is 4.39. The highest BCUT2D eigenvalue weighted by atomic mass is 19.3. The van der Waals surface area contributed by atoms with Gasteiger partial charge < -0.3 is 10.2 Å². The van der Waals surface area contributed by atoms with Crippen LogP contribution in [0, 0.1) is 11.6 Å². The number of pyridine rings is 1. The number of hydrogen-bond acceptors (Lipinski definition) is 7. The average molecular weight is 455 g/mol. The van der Waals surface area contributed by atoms with Crippen LogP contribution in [0.1, 0.15) is 17.9 Å². The largest absolute Gasteiger partial charge is 0.415 e. The molecule has 3 heterocycles. The smallest absolute Gasteiger partial charge is 0.314 e. The van der Waals surface area contributed by atoms with E-state index in [4.69, 9.17) is 10.2 Å². The average Bonchev–Trinajstić information content (AvgIpc) is 3.46. The van der Waals surface area contributed by atoms with Crippen LogP contribution in [0.5, 0.6) is 0 Å². The molecule has 0 radical (unpaired) electrons. The summed E-state index contributed by atoms with van der Waals surface area (Å²) in [5.74, 6) is -3.20. The van der Waals surface area contributed by atoms with Gasteiger partial charge in [0.1, 0.15) is 17.3 Å². The number of anilines is 1. The molecule has 8 nitrogen and oxygen atoms in total. The van der Waals surface area contributed by atoms with Gasteiger partial charge in [0.15, 0.2) is 0 Å². The van der Waals surface area contributed by atoms with Gasteiger partial charge in [-0.15, -0.1) is 15.3 Å². The first kappa shape index (κ1) is 20.5. The van der Waals surface area contributed by atoms with Crippen LogP contribution >= 0.6 is 0 Å². The number of fused-ring (bicyclic) bond motifs is 1. The van der Waals surface area contributed by atoms with Crippen molar-refractivity contribution in [1.82, 2.24) is 30.2 Å². The van der Waals surface area contributed by atoms with Gasteiger partial charge in [-0.3, -0.25) is 4.98 Å². The van der Waals surface area contributed by atoms with Crippen molar-refractivity contribution in [3.63, 3.8) is 0 Å². The second kappa shape index (κ2) is 7.97. The van der Waals surface area contributed by atoms with Gasteiger partial charge in [-0.25, -0.2) is 13.5 Å². The van der Waals surface area contributed by atoms with Crippen molar-refractivity contribution in [3.05, 3.63) is 71.9 Å². The first-order valence-electron chi connectivity index (χ1n) is 9.53. The minimum atomic E-state index is -2.99. The highest BCUT2D eigenvalue weighted by Crippen LogP contribution is 2.27. The molecule has 166 valence electrons. The first-order valence-corrected chi connectivity index (χ1v) is 9.53. The minimum Gasteiger partial charge on any atom is -0.415 e. The van der Waals surface area contributed by atoms with Crippen LogP contribution in [0.4, 0.5) is 23.2 Å². The van der Waals surface area contributed by atoms with Crippen molar-refractivity contribution in [2.45, 2.75) is 13.0 Å². The van der Waals surface area contributed by atoms with E-state index in [1.807, 2.05) is 6.07 Å². The maximum atomic E-state index is 14.6. The number of nitrogens with two attached hydrogens (primary N) is 1. The molecule has 0 unspecified atom stereocenters. The second-order valence-corrected chi connectivity index (χ2v) is 7.14. The highest BCUT2D eigenvalue weighted by molar-refractivity contribution is 5.85. The molecule has 5 rings (SSSR count). The van der Waals surface area contributed by atoms with Crippen molar-refractivity contribution >= 4 is 16.6 Å². The lowest BCUT2D eigenvalue weighted by molar-refractivity contribution is 0.116. The lowest BCUT2D eigenvalue weighted by Gasteiger charge is -2.06. The zero-order chi connectivity index (χ0) is 23.1. The first-order chi connectivity index (χ1) is 15.9. The standard InChI is InChI=1S/C21H13F4N7O/c22-15-5-12(20-29-30-21(33-20)19(24)25)6-16(23)14(15)8-32-9-18(28-31-32)10-1-2-17-11(3-10)4-13(26)7-27-17/h1-7,9,19H,8,26H2. The quantitative estimate of drug-likeness (QED) is 0.392. The fraction of sp³-hybridized carbons (Fsp3) is 0.0952. The predicted molar refractivity (Wildman–Crippen MR) is 109 cm³/mol. The summed E-state index contributed by atoms with van der Waals surface area (Å²) in [6.45, 7) is -0.251. The van der Waals surface area contributed by atoms with E-state index in [-0.39, 0.29) is 17.7 Å². The third kappa shape index (κ3) is 3.97. The van der Waals surface area contributed by atoms with E-state index >= 15 is 0 Å². The number of rotatable bonds is 5. The Hall–Kier alpha value is -4.35. The molecule has 0 aliphatic rings. The van der Waals surface area contributed by atoms with Gasteiger partial charge >= 0.3 is 6.43 Å². The van der Waals surface area contributed by atoms with E-state index in [1.165, 1.54) is 4.68 Å². The Balaban J connectivity index is 1.41. The summed E-state index contributed by atoms with van der Waals surface area (Å²) < 4.78 is 60.5. The molecule has 0 amide bonds. The summed E-state index contributed by atoms with van der Waals surface area (Å²) in [5, 5.41) is 15.4. The number of benzene rings is 2. The molecule has 0 aliphatic carbocycles. The molecule has 0 bridgehead atoms. The van der Waals surface area contributed by atoms with Gasteiger partial charge in [-0.05, 0) is 30.3 Å². The molecule has 5 aromatic rings. The molecular weight excluding hydrogens is 442 g/mol. The van der Waals surface area contributed by atoms with Crippen molar-refractivity contribution in [3.8, 4) is 22.7 Å². The lowest BCUT2D eigenvalue weighted by atomic mass is 10.1. The number of hydrogen-bond donors (Lipinski definition) is 1. The van der Waals surface area contributed by atoms with Gasteiger partial charge in [0.2, 0.25) is 5.89 Å². The Kier molecular flexibility index (Phi) is 4.96. The van der Waals surface area contributed by atoms with Crippen molar-refractivity contribution in [2.75, 3.05) is 5.73 Å². The molecule has 12 heteroatoms.